The summed E-state index contributed by atoms with van der Waals surface area (Å²) in [6.07, 6.45) is 3.12. The first kappa shape index (κ1) is 19.4. The number of hydrogen-bond donors (Lipinski definition) is 1. The normalized spacial score (nSPS) is 17.9. The van der Waals surface area contributed by atoms with Crippen LogP contribution in [0.2, 0.25) is 0 Å². The van der Waals surface area contributed by atoms with E-state index < -0.39 is 17.7 Å². The van der Waals surface area contributed by atoms with Crippen molar-refractivity contribution in [2.45, 2.75) is 13.0 Å². The Bertz CT molecular complexity index is 1090. The van der Waals surface area contributed by atoms with E-state index in [9.17, 15) is 14.7 Å². The van der Waals surface area contributed by atoms with Gasteiger partial charge < -0.3 is 9.84 Å². The number of hydrogen-bond acceptors (Lipinski definition) is 5. The number of aliphatic hydroxyl groups is 1. The molecule has 0 saturated carbocycles. The molecule has 1 amide bonds. The average Bonchev–Trinajstić information content (AvgIpc) is 3.06. The topological polar surface area (TPSA) is 79.7 Å². The van der Waals surface area contributed by atoms with Gasteiger partial charge in [-0.1, -0.05) is 42.5 Å². The van der Waals surface area contributed by atoms with E-state index in [4.69, 9.17) is 4.74 Å². The molecule has 30 heavy (non-hydrogen) atoms. The lowest BCUT2D eigenvalue weighted by Gasteiger charge is -2.25. The molecule has 2 heterocycles. The molecular formula is C24H20N2O4. The van der Waals surface area contributed by atoms with Crippen molar-refractivity contribution in [3.8, 4) is 5.75 Å². The Morgan fingerprint density at radius 1 is 1.03 bits per heavy atom. The van der Waals surface area contributed by atoms with E-state index in [1.807, 2.05) is 13.0 Å². The highest BCUT2D eigenvalue weighted by Gasteiger charge is 2.47. The molecule has 1 aliphatic rings. The van der Waals surface area contributed by atoms with Crippen LogP contribution in [0.1, 0.15) is 24.1 Å². The predicted octanol–water partition coefficient (Wildman–Crippen LogP) is 4.11. The summed E-state index contributed by atoms with van der Waals surface area (Å²) in [5.74, 6) is -0.972. The number of carbonyl (C=O) groups is 2. The number of ether oxygens (including phenoxy) is 1. The minimum atomic E-state index is -0.787. The van der Waals surface area contributed by atoms with Crippen LogP contribution in [0.25, 0.3) is 5.76 Å². The number of Topliss-reactive ketones (excluding diaryl/α,β-unsaturated/α-hetero) is 1. The minimum absolute atomic E-state index is 0.0409. The molecule has 2 aromatic carbocycles. The van der Waals surface area contributed by atoms with Crippen LogP contribution in [-0.2, 0) is 9.59 Å². The van der Waals surface area contributed by atoms with Gasteiger partial charge in [-0.15, -0.1) is 0 Å². The molecule has 0 bridgehead atoms. The fraction of sp³-hybridized carbons (Fsp3) is 0.125. The van der Waals surface area contributed by atoms with Crippen molar-refractivity contribution >= 4 is 23.1 Å². The second kappa shape index (κ2) is 8.21. The molecule has 1 fully saturated rings. The van der Waals surface area contributed by atoms with Crippen molar-refractivity contribution in [2.24, 2.45) is 0 Å². The third-order valence-electron chi connectivity index (χ3n) is 4.92. The van der Waals surface area contributed by atoms with Crippen LogP contribution in [-0.4, -0.2) is 28.4 Å². The second-order valence-electron chi connectivity index (χ2n) is 6.75. The Hall–Kier alpha value is -3.93. The zero-order valence-corrected chi connectivity index (χ0v) is 16.4. The van der Waals surface area contributed by atoms with Gasteiger partial charge in [0.25, 0.3) is 11.7 Å². The zero-order chi connectivity index (χ0) is 21.1. The van der Waals surface area contributed by atoms with Gasteiger partial charge in [-0.05, 0) is 36.8 Å². The summed E-state index contributed by atoms with van der Waals surface area (Å²) in [6.45, 7) is 2.42. The van der Waals surface area contributed by atoms with Crippen LogP contribution in [0.5, 0.6) is 5.75 Å². The van der Waals surface area contributed by atoms with Crippen LogP contribution in [0.4, 0.5) is 5.69 Å². The molecule has 0 radical (unpaired) electrons. The van der Waals surface area contributed by atoms with Crippen molar-refractivity contribution in [1.82, 2.24) is 4.98 Å². The second-order valence-corrected chi connectivity index (χ2v) is 6.75. The van der Waals surface area contributed by atoms with Crippen LogP contribution in [0.15, 0.2) is 84.7 Å². The number of rotatable bonds is 5. The highest BCUT2D eigenvalue weighted by Crippen LogP contribution is 2.42. The summed E-state index contributed by atoms with van der Waals surface area (Å²) in [5.41, 5.74) is 1.67. The molecule has 150 valence electrons. The van der Waals surface area contributed by atoms with E-state index in [-0.39, 0.29) is 11.3 Å². The highest BCUT2D eigenvalue weighted by atomic mass is 16.5. The maximum atomic E-state index is 13.0. The smallest absolute Gasteiger partial charge is 0.300 e. The number of aliphatic hydroxyl groups excluding tert-OH is 1. The van der Waals surface area contributed by atoms with Gasteiger partial charge in [0.05, 0.1) is 30.1 Å². The summed E-state index contributed by atoms with van der Waals surface area (Å²) in [4.78, 5) is 31.4. The molecule has 1 N–H and O–H groups in total. The molecule has 6 nitrogen and oxygen atoms in total. The summed E-state index contributed by atoms with van der Waals surface area (Å²) >= 11 is 0. The van der Waals surface area contributed by atoms with Gasteiger partial charge >= 0.3 is 0 Å². The number of pyridine rings is 1. The van der Waals surface area contributed by atoms with Crippen LogP contribution in [0, 0.1) is 0 Å². The Morgan fingerprint density at radius 3 is 2.40 bits per heavy atom. The lowest BCUT2D eigenvalue weighted by atomic mass is 9.95. The zero-order valence-electron chi connectivity index (χ0n) is 16.4. The third-order valence-corrected chi connectivity index (χ3v) is 4.92. The largest absolute Gasteiger partial charge is 0.507 e. The monoisotopic (exact) mass is 400 g/mol. The third kappa shape index (κ3) is 3.43. The number of benzene rings is 2. The lowest BCUT2D eigenvalue weighted by molar-refractivity contribution is -0.132. The van der Waals surface area contributed by atoms with Crippen molar-refractivity contribution in [1.29, 1.82) is 0 Å². The van der Waals surface area contributed by atoms with Crippen molar-refractivity contribution in [3.05, 3.63) is 95.8 Å². The number of amides is 1. The van der Waals surface area contributed by atoms with Crippen molar-refractivity contribution in [3.63, 3.8) is 0 Å². The molecular weight excluding hydrogens is 380 g/mol. The first-order chi connectivity index (χ1) is 14.6. The molecule has 3 aromatic rings. The fourth-order valence-electron chi connectivity index (χ4n) is 3.58. The molecule has 1 aromatic heterocycles. The fourth-order valence-corrected chi connectivity index (χ4v) is 3.58. The molecule has 6 heteroatoms. The number of ketones is 1. The van der Waals surface area contributed by atoms with E-state index in [1.54, 1.807) is 66.9 Å². The van der Waals surface area contributed by atoms with E-state index in [2.05, 4.69) is 4.98 Å². The maximum absolute atomic E-state index is 13.0. The molecule has 1 atom stereocenters. The molecule has 0 unspecified atom stereocenters. The van der Waals surface area contributed by atoms with Gasteiger partial charge in [-0.25, -0.2) is 0 Å². The Labute approximate surface area is 174 Å². The average molecular weight is 400 g/mol. The predicted molar refractivity (Wildman–Crippen MR) is 113 cm³/mol. The molecule has 4 rings (SSSR count). The maximum Gasteiger partial charge on any atom is 0.300 e. The van der Waals surface area contributed by atoms with Crippen LogP contribution in [0.3, 0.4) is 0 Å². The highest BCUT2D eigenvalue weighted by molar-refractivity contribution is 6.51. The molecule has 1 aliphatic heterocycles. The quantitative estimate of drug-likeness (QED) is 0.396. The van der Waals surface area contributed by atoms with Crippen LogP contribution < -0.4 is 9.64 Å². The Balaban J connectivity index is 1.90. The van der Waals surface area contributed by atoms with E-state index in [1.165, 1.54) is 11.1 Å². The number of aromatic nitrogens is 1. The summed E-state index contributed by atoms with van der Waals surface area (Å²) < 4.78 is 5.50. The number of anilines is 1. The van der Waals surface area contributed by atoms with E-state index in [0.717, 1.165) is 0 Å². The summed E-state index contributed by atoms with van der Waals surface area (Å²) in [5, 5.41) is 11.0. The minimum Gasteiger partial charge on any atom is -0.507 e. The standard InChI is InChI=1S/C24H20N2O4/c1-2-30-19-12-10-16(11-13-19)21-20(22(27)17-7-4-3-5-8-17)23(28)24(29)26(21)18-9-6-14-25-15-18/h3-15,21,27H,2H2,1H3/t21-/m0/s1. The van der Waals surface area contributed by atoms with Gasteiger partial charge in [0.1, 0.15) is 11.5 Å². The first-order valence-corrected chi connectivity index (χ1v) is 9.61. The van der Waals surface area contributed by atoms with E-state index >= 15 is 0 Å². The van der Waals surface area contributed by atoms with Gasteiger partial charge in [0, 0.05) is 11.8 Å². The van der Waals surface area contributed by atoms with Crippen molar-refractivity contribution in [2.75, 3.05) is 11.5 Å². The molecule has 1 saturated heterocycles. The van der Waals surface area contributed by atoms with Gasteiger partial charge in [0.15, 0.2) is 0 Å². The van der Waals surface area contributed by atoms with Crippen molar-refractivity contribution < 1.29 is 19.4 Å². The number of carbonyl (C=O) groups excluding carboxylic acids is 2. The first-order valence-electron chi connectivity index (χ1n) is 9.61. The SMILES string of the molecule is CCOc1ccc([C@H]2C(=C(O)c3ccccc3)C(=O)C(=O)N2c2cccnc2)cc1. The number of nitrogens with zero attached hydrogens (tertiary/aromatic N) is 2. The van der Waals surface area contributed by atoms with Gasteiger partial charge in [0.2, 0.25) is 0 Å². The Kier molecular flexibility index (Phi) is 5.30. The van der Waals surface area contributed by atoms with Gasteiger partial charge in [-0.3, -0.25) is 19.5 Å². The lowest BCUT2D eigenvalue weighted by Crippen LogP contribution is -2.29. The molecule has 0 spiro atoms. The van der Waals surface area contributed by atoms with E-state index in [0.29, 0.717) is 29.2 Å². The summed E-state index contributed by atoms with van der Waals surface area (Å²) in [6, 6.07) is 18.5. The Morgan fingerprint density at radius 2 is 1.77 bits per heavy atom. The molecule has 0 aliphatic carbocycles. The van der Waals surface area contributed by atoms with Gasteiger partial charge in [-0.2, -0.15) is 0 Å². The van der Waals surface area contributed by atoms with Crippen LogP contribution >= 0.6 is 0 Å². The summed E-state index contributed by atoms with van der Waals surface area (Å²) in [7, 11) is 0.